The van der Waals surface area contributed by atoms with Crippen molar-refractivity contribution < 1.29 is 23.1 Å². The zero-order valence-corrected chi connectivity index (χ0v) is 18.0. The maximum atomic E-state index is 14.9. The molecule has 0 saturated carbocycles. The smallest absolute Gasteiger partial charge is 0.414 e. The van der Waals surface area contributed by atoms with E-state index in [9.17, 15) is 18.4 Å². The van der Waals surface area contributed by atoms with Crippen molar-refractivity contribution in [3.05, 3.63) is 53.8 Å². The molecule has 1 unspecified atom stereocenters. The quantitative estimate of drug-likeness (QED) is 0.736. The Morgan fingerprint density at radius 3 is 2.66 bits per heavy atom. The molecule has 6 nitrogen and oxygen atoms in total. The first-order chi connectivity index (χ1) is 15.4. The number of benzene rings is 2. The first-order valence-corrected chi connectivity index (χ1v) is 10.9. The van der Waals surface area contributed by atoms with Crippen LogP contribution in [-0.4, -0.2) is 55.4 Å². The van der Waals surface area contributed by atoms with Crippen molar-refractivity contribution in [1.29, 1.82) is 0 Å². The number of alkyl halides is 1. The SMILES string of the molecule is CC(=O)NC[C@H]1CN(c2ccc(-c3ccc(CN4CCCC(F)C4)cc3)c(F)c2)C(=O)O1. The number of amides is 2. The Morgan fingerprint density at radius 1 is 1.19 bits per heavy atom. The van der Waals surface area contributed by atoms with Gasteiger partial charge in [0.15, 0.2) is 0 Å². The van der Waals surface area contributed by atoms with Crippen LogP contribution >= 0.6 is 0 Å². The van der Waals surface area contributed by atoms with Gasteiger partial charge in [0.2, 0.25) is 5.91 Å². The lowest BCUT2D eigenvalue weighted by Crippen LogP contribution is -2.35. The van der Waals surface area contributed by atoms with Gasteiger partial charge in [-0.15, -0.1) is 0 Å². The third-order valence-corrected chi connectivity index (χ3v) is 5.84. The molecule has 2 amide bonds. The molecule has 0 aromatic heterocycles. The number of likely N-dealkylation sites (tertiary alicyclic amines) is 1. The Bertz CT molecular complexity index is 983. The van der Waals surface area contributed by atoms with E-state index >= 15 is 0 Å². The molecule has 2 aromatic carbocycles. The summed E-state index contributed by atoms with van der Waals surface area (Å²) >= 11 is 0. The van der Waals surface area contributed by atoms with Crippen LogP contribution in [0, 0.1) is 5.82 Å². The number of carbonyl (C=O) groups excluding carboxylic acids is 2. The van der Waals surface area contributed by atoms with E-state index in [0.29, 0.717) is 30.8 Å². The summed E-state index contributed by atoms with van der Waals surface area (Å²) in [5.41, 5.74) is 2.63. The van der Waals surface area contributed by atoms with Crippen LogP contribution in [0.2, 0.25) is 0 Å². The number of piperidine rings is 1. The highest BCUT2D eigenvalue weighted by Crippen LogP contribution is 2.29. The number of carbonyl (C=O) groups is 2. The number of halogens is 2. The van der Waals surface area contributed by atoms with Crippen LogP contribution < -0.4 is 10.2 Å². The van der Waals surface area contributed by atoms with Gasteiger partial charge in [0, 0.05) is 25.6 Å². The Labute approximate surface area is 186 Å². The predicted molar refractivity (Wildman–Crippen MR) is 118 cm³/mol. The second kappa shape index (κ2) is 9.65. The third-order valence-electron chi connectivity index (χ3n) is 5.84. The molecule has 170 valence electrons. The second-order valence-corrected chi connectivity index (χ2v) is 8.39. The molecule has 2 aliphatic heterocycles. The topological polar surface area (TPSA) is 61.9 Å². The van der Waals surface area contributed by atoms with Gasteiger partial charge >= 0.3 is 6.09 Å². The zero-order chi connectivity index (χ0) is 22.7. The number of hydrogen-bond acceptors (Lipinski definition) is 4. The lowest BCUT2D eigenvalue weighted by Gasteiger charge is -2.28. The molecule has 2 saturated heterocycles. The standard InChI is InChI=1S/C24H27F2N3O3/c1-16(30)27-12-21-15-29(24(31)32-21)20-8-9-22(23(26)11-20)18-6-4-17(5-7-18)13-28-10-2-3-19(25)14-28/h4-9,11,19,21H,2-3,10,12-15H2,1H3,(H,27,30)/t19?,21-/m0/s1. The fourth-order valence-corrected chi connectivity index (χ4v) is 4.19. The number of anilines is 1. The summed E-state index contributed by atoms with van der Waals surface area (Å²) in [7, 11) is 0. The van der Waals surface area contributed by atoms with Gasteiger partial charge in [0.25, 0.3) is 0 Å². The van der Waals surface area contributed by atoms with E-state index in [0.717, 1.165) is 24.1 Å². The molecule has 2 fully saturated rings. The minimum atomic E-state index is -0.760. The summed E-state index contributed by atoms with van der Waals surface area (Å²) < 4.78 is 33.7. The monoisotopic (exact) mass is 443 g/mol. The zero-order valence-electron chi connectivity index (χ0n) is 18.0. The van der Waals surface area contributed by atoms with Gasteiger partial charge in [-0.05, 0) is 48.7 Å². The van der Waals surface area contributed by atoms with Crippen LogP contribution in [0.5, 0.6) is 0 Å². The third kappa shape index (κ3) is 5.24. The van der Waals surface area contributed by atoms with Gasteiger partial charge in [0.05, 0.1) is 18.8 Å². The van der Waals surface area contributed by atoms with E-state index < -0.39 is 24.2 Å². The van der Waals surface area contributed by atoms with Crippen molar-refractivity contribution in [2.45, 2.75) is 38.6 Å². The molecular weight excluding hydrogens is 416 g/mol. The molecule has 2 heterocycles. The van der Waals surface area contributed by atoms with Crippen molar-refractivity contribution in [2.24, 2.45) is 0 Å². The number of hydrogen-bond donors (Lipinski definition) is 1. The molecule has 1 N–H and O–H groups in total. The van der Waals surface area contributed by atoms with E-state index in [2.05, 4.69) is 10.2 Å². The van der Waals surface area contributed by atoms with Gasteiger partial charge < -0.3 is 10.1 Å². The van der Waals surface area contributed by atoms with Gasteiger partial charge in [-0.25, -0.2) is 13.6 Å². The van der Waals surface area contributed by atoms with Crippen LogP contribution in [-0.2, 0) is 16.1 Å². The van der Waals surface area contributed by atoms with Crippen molar-refractivity contribution in [3.63, 3.8) is 0 Å². The molecule has 2 atom stereocenters. The average molecular weight is 443 g/mol. The van der Waals surface area contributed by atoms with Crippen molar-refractivity contribution in [2.75, 3.05) is 31.1 Å². The van der Waals surface area contributed by atoms with Crippen LogP contribution in [0.4, 0.5) is 19.3 Å². The molecule has 32 heavy (non-hydrogen) atoms. The molecule has 0 aliphatic carbocycles. The average Bonchev–Trinajstić information content (AvgIpc) is 3.13. The number of rotatable bonds is 6. The normalized spacial score (nSPS) is 21.5. The maximum Gasteiger partial charge on any atom is 0.414 e. The minimum Gasteiger partial charge on any atom is -0.442 e. The van der Waals surface area contributed by atoms with E-state index in [1.54, 1.807) is 12.1 Å². The molecule has 2 aromatic rings. The predicted octanol–water partition coefficient (Wildman–Crippen LogP) is 3.89. The summed E-state index contributed by atoms with van der Waals surface area (Å²) in [6.45, 7) is 3.88. The number of ether oxygens (including phenoxy) is 1. The molecule has 4 rings (SSSR count). The molecule has 0 spiro atoms. The van der Waals surface area contributed by atoms with E-state index in [1.165, 1.54) is 17.9 Å². The molecule has 0 bridgehead atoms. The van der Waals surface area contributed by atoms with Crippen LogP contribution in [0.15, 0.2) is 42.5 Å². The van der Waals surface area contributed by atoms with Crippen molar-refractivity contribution in [3.8, 4) is 11.1 Å². The van der Waals surface area contributed by atoms with Gasteiger partial charge in [0.1, 0.15) is 18.1 Å². The highest BCUT2D eigenvalue weighted by Gasteiger charge is 2.32. The Balaban J connectivity index is 1.42. The van der Waals surface area contributed by atoms with Gasteiger partial charge in [-0.3, -0.25) is 14.6 Å². The van der Waals surface area contributed by atoms with Crippen molar-refractivity contribution in [1.82, 2.24) is 10.2 Å². The largest absolute Gasteiger partial charge is 0.442 e. The molecule has 2 aliphatic rings. The molecular formula is C24H27F2N3O3. The first kappa shape index (κ1) is 22.2. The summed E-state index contributed by atoms with van der Waals surface area (Å²) in [6.07, 6.45) is -0.297. The van der Waals surface area contributed by atoms with E-state index in [1.807, 2.05) is 24.3 Å². The molecule has 0 radical (unpaired) electrons. The fourth-order valence-electron chi connectivity index (χ4n) is 4.19. The van der Waals surface area contributed by atoms with Gasteiger partial charge in [-0.2, -0.15) is 0 Å². The summed E-state index contributed by atoms with van der Waals surface area (Å²) in [5.74, 6) is -0.645. The number of cyclic esters (lactones) is 1. The second-order valence-electron chi connectivity index (χ2n) is 8.39. The maximum absolute atomic E-state index is 14.9. The first-order valence-electron chi connectivity index (χ1n) is 10.9. The lowest BCUT2D eigenvalue weighted by molar-refractivity contribution is -0.119. The Kier molecular flexibility index (Phi) is 6.69. The summed E-state index contributed by atoms with van der Waals surface area (Å²) in [5, 5.41) is 2.62. The van der Waals surface area contributed by atoms with Crippen molar-refractivity contribution >= 4 is 17.7 Å². The summed E-state index contributed by atoms with van der Waals surface area (Å²) in [6, 6.07) is 12.2. The van der Waals surface area contributed by atoms with Crippen LogP contribution in [0.25, 0.3) is 11.1 Å². The van der Waals surface area contributed by atoms with Crippen LogP contribution in [0.3, 0.4) is 0 Å². The lowest BCUT2D eigenvalue weighted by atomic mass is 10.0. The Morgan fingerprint density at radius 2 is 1.97 bits per heavy atom. The Hall–Kier alpha value is -3.00. The summed E-state index contributed by atoms with van der Waals surface area (Å²) in [4.78, 5) is 26.7. The minimum absolute atomic E-state index is 0.205. The number of nitrogens with zero attached hydrogens (tertiary/aromatic N) is 2. The highest BCUT2D eigenvalue weighted by atomic mass is 19.1. The fraction of sp³-hybridized carbons (Fsp3) is 0.417. The highest BCUT2D eigenvalue weighted by molar-refractivity contribution is 5.90. The number of nitrogens with one attached hydrogen (secondary N) is 1. The van der Waals surface area contributed by atoms with Gasteiger partial charge in [-0.1, -0.05) is 24.3 Å². The molecule has 8 heteroatoms. The van der Waals surface area contributed by atoms with E-state index in [-0.39, 0.29) is 19.0 Å². The van der Waals surface area contributed by atoms with E-state index in [4.69, 9.17) is 4.74 Å². The van der Waals surface area contributed by atoms with Crippen LogP contribution in [0.1, 0.15) is 25.3 Å².